The zero-order chi connectivity index (χ0) is 13.1. The third kappa shape index (κ3) is 2.79. The van der Waals surface area contributed by atoms with Crippen molar-refractivity contribution < 1.29 is 13.9 Å². The van der Waals surface area contributed by atoms with E-state index in [1.54, 1.807) is 5.51 Å². The molecule has 0 unspecified atom stereocenters. The third-order valence-electron chi connectivity index (χ3n) is 2.91. The Morgan fingerprint density at radius 1 is 1.42 bits per heavy atom. The zero-order valence-electron chi connectivity index (χ0n) is 10.0. The molecule has 1 aliphatic heterocycles. The number of rotatable bonds is 3. The maximum absolute atomic E-state index is 11.9. The Kier molecular flexibility index (Phi) is 3.51. The molecule has 2 aromatic heterocycles. The van der Waals surface area contributed by atoms with Crippen molar-refractivity contribution in [1.29, 1.82) is 0 Å². The number of oxazole rings is 1. The second-order valence-corrected chi connectivity index (χ2v) is 4.99. The number of nitrogens with one attached hydrogen (secondary N) is 1. The standard InChI is InChI=1S/C11H12N4O3S/c16-9(14-11-15-12-6-19-11)8-5-18-10(13-8)7-1-3-17-4-2-7/h5-7H,1-4H2,(H,14,15,16). The quantitative estimate of drug-likeness (QED) is 0.919. The van der Waals surface area contributed by atoms with Gasteiger partial charge in [0.05, 0.1) is 0 Å². The first kappa shape index (κ1) is 12.2. The summed E-state index contributed by atoms with van der Waals surface area (Å²) in [6.45, 7) is 1.42. The first-order chi connectivity index (χ1) is 9.33. The summed E-state index contributed by atoms with van der Waals surface area (Å²) < 4.78 is 10.7. The summed E-state index contributed by atoms with van der Waals surface area (Å²) in [4.78, 5) is 16.1. The molecule has 100 valence electrons. The molecule has 1 N–H and O–H groups in total. The lowest BCUT2D eigenvalue weighted by molar-refractivity contribution is 0.0794. The molecule has 0 radical (unpaired) electrons. The van der Waals surface area contributed by atoms with Gasteiger partial charge in [0.15, 0.2) is 11.6 Å². The molecule has 0 spiro atoms. The summed E-state index contributed by atoms with van der Waals surface area (Å²) in [6.07, 6.45) is 3.12. The minimum absolute atomic E-state index is 0.233. The fourth-order valence-electron chi connectivity index (χ4n) is 1.91. The van der Waals surface area contributed by atoms with Gasteiger partial charge in [0.2, 0.25) is 5.13 Å². The molecule has 1 fully saturated rings. The lowest BCUT2D eigenvalue weighted by Crippen LogP contribution is -2.15. The third-order valence-corrected chi connectivity index (χ3v) is 3.51. The molecule has 3 rings (SSSR count). The molecule has 7 nitrogen and oxygen atoms in total. The van der Waals surface area contributed by atoms with Crippen LogP contribution in [0.3, 0.4) is 0 Å². The molecule has 1 amide bonds. The fraction of sp³-hybridized carbons (Fsp3) is 0.455. The van der Waals surface area contributed by atoms with Crippen LogP contribution in [0.5, 0.6) is 0 Å². The van der Waals surface area contributed by atoms with E-state index in [-0.39, 0.29) is 17.5 Å². The predicted octanol–water partition coefficient (Wildman–Crippen LogP) is 1.67. The van der Waals surface area contributed by atoms with E-state index in [2.05, 4.69) is 20.5 Å². The van der Waals surface area contributed by atoms with Crippen LogP contribution in [0.15, 0.2) is 16.2 Å². The lowest BCUT2D eigenvalue weighted by atomic mass is 10.0. The highest BCUT2D eigenvalue weighted by Crippen LogP contribution is 2.26. The molecule has 0 atom stereocenters. The SMILES string of the molecule is O=C(Nc1nncs1)c1coc(C2CCOCC2)n1. The van der Waals surface area contributed by atoms with E-state index >= 15 is 0 Å². The molecule has 8 heteroatoms. The van der Waals surface area contributed by atoms with Gasteiger partial charge in [-0.05, 0) is 12.8 Å². The molecule has 0 aromatic carbocycles. The van der Waals surface area contributed by atoms with Gasteiger partial charge in [-0.25, -0.2) is 4.98 Å². The Morgan fingerprint density at radius 2 is 2.26 bits per heavy atom. The van der Waals surface area contributed by atoms with Gasteiger partial charge in [-0.2, -0.15) is 0 Å². The normalized spacial score (nSPS) is 16.4. The molecule has 3 heterocycles. The summed E-state index contributed by atoms with van der Waals surface area (Å²) in [5.74, 6) is 0.501. The van der Waals surface area contributed by atoms with Crippen LogP contribution in [-0.4, -0.2) is 34.3 Å². The summed E-state index contributed by atoms with van der Waals surface area (Å²) in [5, 5.41) is 10.4. The summed E-state index contributed by atoms with van der Waals surface area (Å²) in [5.41, 5.74) is 1.81. The highest BCUT2D eigenvalue weighted by molar-refractivity contribution is 7.13. The first-order valence-corrected chi connectivity index (χ1v) is 6.81. The van der Waals surface area contributed by atoms with Gasteiger partial charge in [0, 0.05) is 19.1 Å². The molecule has 0 bridgehead atoms. The van der Waals surface area contributed by atoms with E-state index in [1.165, 1.54) is 17.6 Å². The van der Waals surface area contributed by atoms with Crippen LogP contribution in [0.25, 0.3) is 0 Å². The van der Waals surface area contributed by atoms with Gasteiger partial charge >= 0.3 is 0 Å². The minimum atomic E-state index is -0.334. The van der Waals surface area contributed by atoms with Crippen molar-refractivity contribution in [2.24, 2.45) is 0 Å². The van der Waals surface area contributed by atoms with Crippen LogP contribution < -0.4 is 5.32 Å². The Hall–Kier alpha value is -1.80. The van der Waals surface area contributed by atoms with Gasteiger partial charge in [-0.1, -0.05) is 11.3 Å². The molecular formula is C11H12N4O3S. The largest absolute Gasteiger partial charge is 0.448 e. The van der Waals surface area contributed by atoms with E-state index in [0.717, 1.165) is 12.8 Å². The van der Waals surface area contributed by atoms with Crippen LogP contribution in [0.2, 0.25) is 0 Å². The first-order valence-electron chi connectivity index (χ1n) is 5.93. The van der Waals surface area contributed by atoms with Gasteiger partial charge in [0.25, 0.3) is 5.91 Å². The van der Waals surface area contributed by atoms with Crippen LogP contribution in [0.1, 0.15) is 35.1 Å². The highest BCUT2D eigenvalue weighted by Gasteiger charge is 2.22. The van der Waals surface area contributed by atoms with Crippen molar-refractivity contribution in [3.05, 3.63) is 23.4 Å². The predicted molar refractivity (Wildman–Crippen MR) is 67.2 cm³/mol. The number of amides is 1. The molecule has 0 aliphatic carbocycles. The van der Waals surface area contributed by atoms with Crippen LogP contribution in [0, 0.1) is 0 Å². The number of carbonyl (C=O) groups is 1. The lowest BCUT2D eigenvalue weighted by Gasteiger charge is -2.18. The number of carbonyl (C=O) groups excluding carboxylic acids is 1. The second-order valence-electron chi connectivity index (χ2n) is 4.16. The maximum Gasteiger partial charge on any atom is 0.279 e. The van der Waals surface area contributed by atoms with Crippen molar-refractivity contribution in [3.8, 4) is 0 Å². The Morgan fingerprint density at radius 3 is 3.00 bits per heavy atom. The van der Waals surface area contributed by atoms with E-state index in [9.17, 15) is 4.79 Å². The minimum Gasteiger partial charge on any atom is -0.448 e. The molecular weight excluding hydrogens is 268 g/mol. The van der Waals surface area contributed by atoms with Crippen molar-refractivity contribution in [2.45, 2.75) is 18.8 Å². The number of ether oxygens (including phenoxy) is 1. The average Bonchev–Trinajstić information content (AvgIpc) is 3.10. The number of aromatic nitrogens is 3. The highest BCUT2D eigenvalue weighted by atomic mass is 32.1. The van der Waals surface area contributed by atoms with Crippen molar-refractivity contribution >= 4 is 22.4 Å². The number of nitrogens with zero attached hydrogens (tertiary/aromatic N) is 3. The van der Waals surface area contributed by atoms with Crippen LogP contribution in [-0.2, 0) is 4.74 Å². The van der Waals surface area contributed by atoms with E-state index in [4.69, 9.17) is 9.15 Å². The van der Waals surface area contributed by atoms with E-state index < -0.39 is 0 Å². The van der Waals surface area contributed by atoms with Gasteiger partial charge < -0.3 is 9.15 Å². The molecule has 1 aliphatic rings. The van der Waals surface area contributed by atoms with E-state index in [1.807, 2.05) is 0 Å². The van der Waals surface area contributed by atoms with Crippen molar-refractivity contribution in [3.63, 3.8) is 0 Å². The fourth-order valence-corrected chi connectivity index (χ4v) is 2.35. The van der Waals surface area contributed by atoms with Crippen LogP contribution in [0.4, 0.5) is 5.13 Å². The molecule has 19 heavy (non-hydrogen) atoms. The topological polar surface area (TPSA) is 90.1 Å². The van der Waals surface area contributed by atoms with Gasteiger partial charge in [0.1, 0.15) is 11.8 Å². The Labute approximate surface area is 113 Å². The summed E-state index contributed by atoms with van der Waals surface area (Å²) in [7, 11) is 0. The smallest absolute Gasteiger partial charge is 0.279 e. The number of hydrogen-bond acceptors (Lipinski definition) is 7. The number of hydrogen-bond donors (Lipinski definition) is 1. The Bertz CT molecular complexity index is 548. The second kappa shape index (κ2) is 5.45. The number of anilines is 1. The molecule has 0 saturated carbocycles. The van der Waals surface area contributed by atoms with Gasteiger partial charge in [-0.15, -0.1) is 10.2 Å². The van der Waals surface area contributed by atoms with Crippen molar-refractivity contribution in [2.75, 3.05) is 18.5 Å². The maximum atomic E-state index is 11.9. The Balaban J connectivity index is 1.68. The summed E-state index contributed by atoms with van der Waals surface area (Å²) in [6, 6.07) is 0. The van der Waals surface area contributed by atoms with Crippen molar-refractivity contribution in [1.82, 2.24) is 15.2 Å². The zero-order valence-corrected chi connectivity index (χ0v) is 10.9. The summed E-state index contributed by atoms with van der Waals surface area (Å²) >= 11 is 1.25. The molecule has 1 saturated heterocycles. The monoisotopic (exact) mass is 280 g/mol. The van der Waals surface area contributed by atoms with Crippen LogP contribution >= 0.6 is 11.3 Å². The van der Waals surface area contributed by atoms with E-state index in [0.29, 0.717) is 24.2 Å². The average molecular weight is 280 g/mol. The van der Waals surface area contributed by atoms with Gasteiger partial charge in [-0.3, -0.25) is 10.1 Å². The molecule has 2 aromatic rings.